The zero-order valence-corrected chi connectivity index (χ0v) is 16.4. The summed E-state index contributed by atoms with van der Waals surface area (Å²) in [6, 6.07) is 25.9. The number of carbonyl (C=O) groups excluding carboxylic acids is 2. The molecule has 29 heavy (non-hydrogen) atoms. The SMILES string of the molecule is CC(CNC(=O)c1ccc2c(c1)CCC(=O)N2)(c1ccccc1)c1ccccc1. The van der Waals surface area contributed by atoms with E-state index in [1.165, 1.54) is 0 Å². The van der Waals surface area contributed by atoms with Crippen LogP contribution in [0, 0.1) is 0 Å². The average Bonchev–Trinajstić information content (AvgIpc) is 2.78. The van der Waals surface area contributed by atoms with Gasteiger partial charge in [0.15, 0.2) is 0 Å². The monoisotopic (exact) mass is 384 g/mol. The van der Waals surface area contributed by atoms with Gasteiger partial charge < -0.3 is 10.6 Å². The fourth-order valence-electron chi connectivity index (χ4n) is 3.87. The number of anilines is 1. The highest BCUT2D eigenvalue weighted by atomic mass is 16.2. The number of hydrogen-bond donors (Lipinski definition) is 2. The topological polar surface area (TPSA) is 58.2 Å². The van der Waals surface area contributed by atoms with Crippen LogP contribution in [0.4, 0.5) is 5.69 Å². The normalized spacial score (nSPS) is 13.3. The van der Waals surface area contributed by atoms with Crippen LogP contribution in [-0.4, -0.2) is 18.4 Å². The number of amides is 2. The van der Waals surface area contributed by atoms with E-state index in [0.717, 1.165) is 22.4 Å². The molecule has 0 saturated heterocycles. The number of carbonyl (C=O) groups is 2. The van der Waals surface area contributed by atoms with Gasteiger partial charge in [-0.15, -0.1) is 0 Å². The minimum atomic E-state index is -0.347. The Morgan fingerprint density at radius 3 is 2.17 bits per heavy atom. The van der Waals surface area contributed by atoms with E-state index >= 15 is 0 Å². The van der Waals surface area contributed by atoms with Crippen LogP contribution < -0.4 is 10.6 Å². The summed E-state index contributed by atoms with van der Waals surface area (Å²) in [6.45, 7) is 2.63. The first kappa shape index (κ1) is 18.9. The second kappa shape index (κ2) is 7.92. The van der Waals surface area contributed by atoms with Gasteiger partial charge >= 0.3 is 0 Å². The summed E-state index contributed by atoms with van der Waals surface area (Å²) in [5, 5.41) is 5.98. The third-order valence-electron chi connectivity index (χ3n) is 5.69. The molecule has 4 nitrogen and oxygen atoms in total. The predicted molar refractivity (Wildman–Crippen MR) is 115 cm³/mol. The van der Waals surface area contributed by atoms with Crippen molar-refractivity contribution in [2.75, 3.05) is 11.9 Å². The molecule has 0 unspecified atom stereocenters. The van der Waals surface area contributed by atoms with Crippen molar-refractivity contribution >= 4 is 17.5 Å². The lowest BCUT2D eigenvalue weighted by Gasteiger charge is -2.31. The average molecular weight is 384 g/mol. The van der Waals surface area contributed by atoms with E-state index < -0.39 is 0 Å². The van der Waals surface area contributed by atoms with Crippen LogP contribution in [0.5, 0.6) is 0 Å². The lowest BCUT2D eigenvalue weighted by molar-refractivity contribution is -0.116. The Morgan fingerprint density at radius 2 is 1.55 bits per heavy atom. The summed E-state index contributed by atoms with van der Waals surface area (Å²) in [5.41, 5.74) is 4.38. The molecular weight excluding hydrogens is 360 g/mol. The summed E-state index contributed by atoms with van der Waals surface area (Å²) < 4.78 is 0. The van der Waals surface area contributed by atoms with Gasteiger partial charge in [0.05, 0.1) is 0 Å². The van der Waals surface area contributed by atoms with Gasteiger partial charge in [-0.1, -0.05) is 60.7 Å². The van der Waals surface area contributed by atoms with Crippen LogP contribution in [-0.2, 0) is 16.6 Å². The highest BCUT2D eigenvalue weighted by molar-refractivity contribution is 5.98. The van der Waals surface area contributed by atoms with Gasteiger partial charge in [-0.25, -0.2) is 0 Å². The van der Waals surface area contributed by atoms with E-state index in [1.807, 2.05) is 48.5 Å². The summed E-state index contributed by atoms with van der Waals surface area (Å²) in [7, 11) is 0. The Bertz CT molecular complexity index is 990. The van der Waals surface area contributed by atoms with E-state index in [1.54, 1.807) is 6.07 Å². The van der Waals surface area contributed by atoms with Crippen molar-refractivity contribution in [3.63, 3.8) is 0 Å². The molecule has 0 aliphatic carbocycles. The van der Waals surface area contributed by atoms with Gasteiger partial charge in [0.25, 0.3) is 5.91 Å². The smallest absolute Gasteiger partial charge is 0.251 e. The largest absolute Gasteiger partial charge is 0.351 e. The van der Waals surface area contributed by atoms with E-state index in [0.29, 0.717) is 24.9 Å². The van der Waals surface area contributed by atoms with E-state index in [4.69, 9.17) is 0 Å². The molecule has 3 aromatic carbocycles. The van der Waals surface area contributed by atoms with Gasteiger partial charge in [0, 0.05) is 29.6 Å². The highest BCUT2D eigenvalue weighted by Crippen LogP contribution is 2.31. The van der Waals surface area contributed by atoms with Crippen molar-refractivity contribution in [2.45, 2.75) is 25.2 Å². The fourth-order valence-corrected chi connectivity index (χ4v) is 3.87. The number of nitrogens with one attached hydrogen (secondary N) is 2. The fraction of sp³-hybridized carbons (Fsp3) is 0.200. The highest BCUT2D eigenvalue weighted by Gasteiger charge is 2.29. The second-order valence-electron chi connectivity index (χ2n) is 7.67. The van der Waals surface area contributed by atoms with Crippen molar-refractivity contribution in [1.29, 1.82) is 0 Å². The molecule has 0 spiro atoms. The van der Waals surface area contributed by atoms with Gasteiger partial charge in [0.1, 0.15) is 0 Å². The zero-order valence-electron chi connectivity index (χ0n) is 16.4. The quantitative estimate of drug-likeness (QED) is 0.689. The van der Waals surface area contributed by atoms with Crippen LogP contribution in [0.1, 0.15) is 40.4 Å². The molecule has 2 N–H and O–H groups in total. The molecule has 4 heteroatoms. The molecule has 146 valence electrons. The molecule has 0 bridgehead atoms. The molecule has 1 aliphatic rings. The molecule has 0 saturated carbocycles. The van der Waals surface area contributed by atoms with E-state index in [9.17, 15) is 9.59 Å². The first-order valence-electron chi connectivity index (χ1n) is 9.88. The standard InChI is InChI=1S/C25H24N2O2/c1-25(20-8-4-2-5-9-20,21-10-6-3-7-11-21)17-26-24(29)19-12-14-22-18(16-19)13-15-23(28)27-22/h2-12,14,16H,13,15,17H2,1H3,(H,26,29)(H,27,28). The summed E-state index contributed by atoms with van der Waals surface area (Å²) in [5.74, 6) is -0.0843. The number of rotatable bonds is 5. The first-order chi connectivity index (χ1) is 14.1. The molecular formula is C25H24N2O2. The Kier molecular flexibility index (Phi) is 5.17. The Hall–Kier alpha value is -3.40. The van der Waals surface area contributed by atoms with Crippen molar-refractivity contribution < 1.29 is 9.59 Å². The molecule has 0 atom stereocenters. The first-order valence-corrected chi connectivity index (χ1v) is 9.88. The Morgan fingerprint density at radius 1 is 0.931 bits per heavy atom. The van der Waals surface area contributed by atoms with Gasteiger partial charge in [0.2, 0.25) is 5.91 Å². The number of fused-ring (bicyclic) bond motifs is 1. The second-order valence-corrected chi connectivity index (χ2v) is 7.67. The van der Waals surface area contributed by atoms with Crippen molar-refractivity contribution in [3.05, 3.63) is 101 Å². The minimum Gasteiger partial charge on any atom is -0.351 e. The number of aryl methyl sites for hydroxylation is 1. The molecule has 2 amide bonds. The van der Waals surface area contributed by atoms with Crippen LogP contribution >= 0.6 is 0 Å². The zero-order chi connectivity index (χ0) is 20.3. The molecule has 1 aliphatic heterocycles. The van der Waals surface area contributed by atoms with Crippen LogP contribution in [0.15, 0.2) is 78.9 Å². The predicted octanol–water partition coefficient (Wildman–Crippen LogP) is 4.31. The number of benzene rings is 3. The molecule has 4 rings (SSSR count). The maximum Gasteiger partial charge on any atom is 0.251 e. The Labute approximate surface area is 171 Å². The van der Waals surface area contributed by atoms with Crippen LogP contribution in [0.2, 0.25) is 0 Å². The third-order valence-corrected chi connectivity index (χ3v) is 5.69. The number of hydrogen-bond acceptors (Lipinski definition) is 2. The van der Waals surface area contributed by atoms with Gasteiger partial charge in [-0.2, -0.15) is 0 Å². The van der Waals surface area contributed by atoms with Crippen molar-refractivity contribution in [1.82, 2.24) is 5.32 Å². The summed E-state index contributed by atoms with van der Waals surface area (Å²) >= 11 is 0. The lowest BCUT2D eigenvalue weighted by atomic mass is 9.76. The van der Waals surface area contributed by atoms with E-state index in [-0.39, 0.29) is 17.2 Å². The molecule has 3 aromatic rings. The minimum absolute atomic E-state index is 0.0243. The lowest BCUT2D eigenvalue weighted by Crippen LogP contribution is -2.39. The Balaban J connectivity index is 1.57. The van der Waals surface area contributed by atoms with Crippen LogP contribution in [0.3, 0.4) is 0 Å². The van der Waals surface area contributed by atoms with Gasteiger partial charge in [-0.05, 0) is 48.2 Å². The maximum atomic E-state index is 12.9. The molecule has 0 fully saturated rings. The van der Waals surface area contributed by atoms with E-state index in [2.05, 4.69) is 41.8 Å². The molecule has 1 heterocycles. The summed E-state index contributed by atoms with van der Waals surface area (Å²) in [6.07, 6.45) is 1.12. The van der Waals surface area contributed by atoms with Crippen LogP contribution in [0.25, 0.3) is 0 Å². The van der Waals surface area contributed by atoms with Crippen molar-refractivity contribution in [2.24, 2.45) is 0 Å². The maximum absolute atomic E-state index is 12.9. The third kappa shape index (κ3) is 3.92. The summed E-state index contributed by atoms with van der Waals surface area (Å²) in [4.78, 5) is 24.4. The van der Waals surface area contributed by atoms with Crippen molar-refractivity contribution in [3.8, 4) is 0 Å². The molecule has 0 radical (unpaired) electrons. The van der Waals surface area contributed by atoms with Gasteiger partial charge in [-0.3, -0.25) is 9.59 Å². The molecule has 0 aromatic heterocycles.